The van der Waals surface area contributed by atoms with E-state index in [1.807, 2.05) is 36.4 Å². The molecular weight excluding hydrogens is 200 g/mol. The number of carbonyl (C=O) groups excluding carboxylic acids is 1. The second kappa shape index (κ2) is 3.97. The second-order valence-electron chi connectivity index (χ2n) is 4.27. The molecule has 3 heteroatoms. The zero-order chi connectivity index (χ0) is 11.6. The van der Waals surface area contributed by atoms with Crippen molar-refractivity contribution in [2.24, 2.45) is 0 Å². The van der Waals surface area contributed by atoms with E-state index in [9.17, 15) is 4.79 Å². The summed E-state index contributed by atoms with van der Waals surface area (Å²) in [7, 11) is 1.69. The van der Waals surface area contributed by atoms with Crippen LogP contribution in [0.3, 0.4) is 0 Å². The van der Waals surface area contributed by atoms with Crippen molar-refractivity contribution >= 4 is 5.91 Å². The Morgan fingerprint density at radius 2 is 2.06 bits per heavy atom. The molecule has 1 aromatic rings. The quantitative estimate of drug-likeness (QED) is 0.719. The summed E-state index contributed by atoms with van der Waals surface area (Å²) in [5.41, 5.74) is 0.733. The number of nitriles is 1. The average Bonchev–Trinajstić information content (AvgIpc) is 3.11. The van der Waals surface area contributed by atoms with Crippen LogP contribution in [-0.4, -0.2) is 24.4 Å². The van der Waals surface area contributed by atoms with Crippen molar-refractivity contribution in [3.05, 3.63) is 35.9 Å². The fourth-order valence-corrected chi connectivity index (χ4v) is 2.05. The third-order valence-electron chi connectivity index (χ3n) is 3.14. The molecule has 1 fully saturated rings. The minimum atomic E-state index is -0.340. The third kappa shape index (κ3) is 1.67. The van der Waals surface area contributed by atoms with Crippen LogP contribution in [0.25, 0.3) is 0 Å². The van der Waals surface area contributed by atoms with Crippen LogP contribution in [0.15, 0.2) is 30.3 Å². The largest absolute Gasteiger partial charge is 0.332 e. The van der Waals surface area contributed by atoms with Crippen LogP contribution in [0.1, 0.15) is 18.4 Å². The van der Waals surface area contributed by atoms with Crippen LogP contribution in [0, 0.1) is 11.3 Å². The van der Waals surface area contributed by atoms with Crippen molar-refractivity contribution in [1.82, 2.24) is 4.90 Å². The summed E-state index contributed by atoms with van der Waals surface area (Å²) in [5.74, 6) is 0.0697. The SMILES string of the molecule is CN(CC#N)C(=O)C1(c2ccccc2)CC1. The van der Waals surface area contributed by atoms with Crippen molar-refractivity contribution in [1.29, 1.82) is 5.26 Å². The molecule has 0 N–H and O–H groups in total. The molecule has 0 aromatic heterocycles. The van der Waals surface area contributed by atoms with Crippen molar-refractivity contribution < 1.29 is 4.79 Å². The van der Waals surface area contributed by atoms with Gasteiger partial charge < -0.3 is 4.90 Å². The zero-order valence-electron chi connectivity index (χ0n) is 9.31. The minimum Gasteiger partial charge on any atom is -0.332 e. The molecule has 3 nitrogen and oxygen atoms in total. The van der Waals surface area contributed by atoms with Gasteiger partial charge in [-0.15, -0.1) is 0 Å². The number of hydrogen-bond acceptors (Lipinski definition) is 2. The smallest absolute Gasteiger partial charge is 0.233 e. The first-order valence-electron chi connectivity index (χ1n) is 5.39. The lowest BCUT2D eigenvalue weighted by molar-refractivity contribution is -0.132. The van der Waals surface area contributed by atoms with E-state index in [0.29, 0.717) is 0 Å². The molecule has 0 atom stereocenters. The number of rotatable bonds is 3. The predicted octanol–water partition coefficient (Wildman–Crippen LogP) is 1.70. The molecule has 1 aliphatic carbocycles. The van der Waals surface area contributed by atoms with Gasteiger partial charge in [0.1, 0.15) is 6.54 Å². The Morgan fingerprint density at radius 3 is 2.56 bits per heavy atom. The molecule has 1 saturated carbocycles. The van der Waals surface area contributed by atoms with Crippen molar-refractivity contribution in [3.63, 3.8) is 0 Å². The Balaban J connectivity index is 2.21. The minimum absolute atomic E-state index is 0.0697. The summed E-state index contributed by atoms with van der Waals surface area (Å²) in [5, 5.41) is 8.60. The monoisotopic (exact) mass is 214 g/mol. The van der Waals surface area contributed by atoms with Crippen LogP contribution >= 0.6 is 0 Å². The van der Waals surface area contributed by atoms with Gasteiger partial charge >= 0.3 is 0 Å². The average molecular weight is 214 g/mol. The molecule has 0 spiro atoms. The van der Waals surface area contributed by atoms with Crippen LogP contribution in [-0.2, 0) is 10.2 Å². The van der Waals surface area contributed by atoms with E-state index in [4.69, 9.17) is 5.26 Å². The molecule has 82 valence electrons. The zero-order valence-corrected chi connectivity index (χ0v) is 9.31. The first kappa shape index (κ1) is 10.7. The van der Waals surface area contributed by atoms with Crippen molar-refractivity contribution in [2.75, 3.05) is 13.6 Å². The van der Waals surface area contributed by atoms with Gasteiger partial charge in [-0.25, -0.2) is 0 Å². The van der Waals surface area contributed by atoms with Gasteiger partial charge in [0.05, 0.1) is 11.5 Å². The first-order chi connectivity index (χ1) is 7.70. The van der Waals surface area contributed by atoms with Crippen molar-refractivity contribution in [2.45, 2.75) is 18.3 Å². The molecule has 2 rings (SSSR count). The number of amides is 1. The molecule has 0 heterocycles. The molecule has 0 saturated heterocycles. The number of hydrogen-bond donors (Lipinski definition) is 0. The number of carbonyl (C=O) groups is 1. The molecule has 0 radical (unpaired) electrons. The highest BCUT2D eigenvalue weighted by molar-refractivity contribution is 5.91. The Kier molecular flexibility index (Phi) is 2.66. The summed E-state index contributed by atoms with van der Waals surface area (Å²) in [4.78, 5) is 13.7. The topological polar surface area (TPSA) is 44.1 Å². The van der Waals surface area contributed by atoms with Gasteiger partial charge in [0.2, 0.25) is 5.91 Å². The maximum Gasteiger partial charge on any atom is 0.233 e. The van der Waals surface area contributed by atoms with E-state index in [1.165, 1.54) is 4.90 Å². The van der Waals surface area contributed by atoms with Gasteiger partial charge in [-0.2, -0.15) is 5.26 Å². The number of likely N-dealkylation sites (N-methyl/N-ethyl adjacent to an activating group) is 1. The Morgan fingerprint density at radius 1 is 1.44 bits per heavy atom. The summed E-state index contributed by atoms with van der Waals surface area (Å²) >= 11 is 0. The molecule has 0 unspecified atom stereocenters. The Bertz CT molecular complexity index is 429. The van der Waals surface area contributed by atoms with Gasteiger partial charge in [0.25, 0.3) is 0 Å². The highest BCUT2D eigenvalue weighted by atomic mass is 16.2. The summed E-state index contributed by atoms with van der Waals surface area (Å²) < 4.78 is 0. The lowest BCUT2D eigenvalue weighted by Gasteiger charge is -2.21. The summed E-state index contributed by atoms with van der Waals surface area (Å²) in [6.07, 6.45) is 1.79. The summed E-state index contributed by atoms with van der Waals surface area (Å²) in [6, 6.07) is 11.8. The van der Waals surface area contributed by atoms with Crippen molar-refractivity contribution in [3.8, 4) is 6.07 Å². The Labute approximate surface area is 95.3 Å². The molecule has 0 aliphatic heterocycles. The van der Waals surface area contributed by atoms with Crippen LogP contribution in [0.4, 0.5) is 0 Å². The van der Waals surface area contributed by atoms with Crippen LogP contribution in [0.5, 0.6) is 0 Å². The molecule has 1 aliphatic rings. The predicted molar refractivity (Wildman–Crippen MR) is 60.6 cm³/mol. The van der Waals surface area contributed by atoms with Gasteiger partial charge in [0.15, 0.2) is 0 Å². The second-order valence-corrected chi connectivity index (χ2v) is 4.27. The number of benzene rings is 1. The van der Waals surface area contributed by atoms with Gasteiger partial charge in [-0.05, 0) is 18.4 Å². The molecular formula is C13H14N2O. The molecule has 16 heavy (non-hydrogen) atoms. The standard InChI is InChI=1S/C13H14N2O/c1-15(10-9-14)12(16)13(7-8-13)11-5-3-2-4-6-11/h2-6H,7-8,10H2,1H3. The third-order valence-corrected chi connectivity index (χ3v) is 3.14. The van der Waals surface area contributed by atoms with Gasteiger partial charge in [-0.3, -0.25) is 4.79 Å². The highest BCUT2D eigenvalue weighted by Crippen LogP contribution is 2.49. The van der Waals surface area contributed by atoms with E-state index in [2.05, 4.69) is 0 Å². The molecule has 0 bridgehead atoms. The fraction of sp³-hybridized carbons (Fsp3) is 0.385. The lowest BCUT2D eigenvalue weighted by Crippen LogP contribution is -2.36. The lowest BCUT2D eigenvalue weighted by atomic mass is 9.94. The van der Waals surface area contributed by atoms with E-state index in [1.54, 1.807) is 7.05 Å². The van der Waals surface area contributed by atoms with Gasteiger partial charge in [0, 0.05) is 7.05 Å². The maximum absolute atomic E-state index is 12.2. The Hall–Kier alpha value is -1.82. The van der Waals surface area contributed by atoms with Crippen LogP contribution < -0.4 is 0 Å². The van der Waals surface area contributed by atoms with E-state index in [-0.39, 0.29) is 17.9 Å². The number of nitrogens with zero attached hydrogens (tertiary/aromatic N) is 2. The first-order valence-corrected chi connectivity index (χ1v) is 5.39. The summed E-state index contributed by atoms with van der Waals surface area (Å²) in [6.45, 7) is 0.160. The van der Waals surface area contributed by atoms with Gasteiger partial charge in [-0.1, -0.05) is 30.3 Å². The highest BCUT2D eigenvalue weighted by Gasteiger charge is 2.52. The van der Waals surface area contributed by atoms with E-state index in [0.717, 1.165) is 18.4 Å². The van der Waals surface area contributed by atoms with E-state index >= 15 is 0 Å². The van der Waals surface area contributed by atoms with Crippen LogP contribution in [0.2, 0.25) is 0 Å². The molecule has 1 aromatic carbocycles. The maximum atomic E-state index is 12.2. The normalized spacial score (nSPS) is 16.2. The fourth-order valence-electron chi connectivity index (χ4n) is 2.05. The van der Waals surface area contributed by atoms with E-state index < -0.39 is 0 Å². The molecule has 1 amide bonds.